The third-order valence-electron chi connectivity index (χ3n) is 4.43. The van der Waals surface area contributed by atoms with Gasteiger partial charge >= 0.3 is 0 Å². The summed E-state index contributed by atoms with van der Waals surface area (Å²) in [4.78, 5) is 28.1. The lowest BCUT2D eigenvalue weighted by atomic mass is 10.1. The minimum atomic E-state index is -0.621. The molecule has 2 fully saturated rings. The highest BCUT2D eigenvalue weighted by Gasteiger charge is 2.48. The fraction of sp³-hybridized carbons (Fsp3) is 0.500. The summed E-state index contributed by atoms with van der Waals surface area (Å²) in [6.45, 7) is 2.24. The third-order valence-corrected chi connectivity index (χ3v) is 4.80. The Kier molecular flexibility index (Phi) is 4.10. The zero-order valence-corrected chi connectivity index (χ0v) is 13.2. The standard InChI is InChI=1S/C16H20ClN3O2/c17-13-4-2-1-3-12(13)11-14(21)19-7-9-20(10-8-19)15(22)16(18)5-6-16/h1-4H,5-11,18H2. The Morgan fingerprint density at radius 3 is 2.27 bits per heavy atom. The first kappa shape index (κ1) is 15.3. The van der Waals surface area contributed by atoms with Gasteiger partial charge in [-0.25, -0.2) is 0 Å². The lowest BCUT2D eigenvalue weighted by Gasteiger charge is -2.36. The Hall–Kier alpha value is -1.59. The molecule has 118 valence electrons. The average molecular weight is 322 g/mol. The first-order valence-electron chi connectivity index (χ1n) is 7.59. The van der Waals surface area contributed by atoms with E-state index in [4.69, 9.17) is 17.3 Å². The van der Waals surface area contributed by atoms with Gasteiger partial charge < -0.3 is 15.5 Å². The monoisotopic (exact) mass is 321 g/mol. The van der Waals surface area contributed by atoms with E-state index in [-0.39, 0.29) is 11.8 Å². The number of nitrogens with two attached hydrogens (primary N) is 1. The van der Waals surface area contributed by atoms with Gasteiger partial charge in [0.2, 0.25) is 11.8 Å². The molecular weight excluding hydrogens is 302 g/mol. The molecule has 1 heterocycles. The maximum atomic E-state index is 12.3. The van der Waals surface area contributed by atoms with Crippen molar-refractivity contribution < 1.29 is 9.59 Å². The van der Waals surface area contributed by atoms with Gasteiger partial charge in [-0.3, -0.25) is 9.59 Å². The van der Waals surface area contributed by atoms with Crippen molar-refractivity contribution in [1.29, 1.82) is 0 Å². The molecule has 0 aromatic heterocycles. The van der Waals surface area contributed by atoms with Gasteiger partial charge in [-0.05, 0) is 24.5 Å². The zero-order valence-electron chi connectivity index (χ0n) is 12.4. The van der Waals surface area contributed by atoms with E-state index in [1.807, 2.05) is 18.2 Å². The highest BCUT2D eigenvalue weighted by atomic mass is 35.5. The summed E-state index contributed by atoms with van der Waals surface area (Å²) in [7, 11) is 0. The van der Waals surface area contributed by atoms with E-state index >= 15 is 0 Å². The van der Waals surface area contributed by atoms with Gasteiger partial charge in [0.15, 0.2) is 0 Å². The second-order valence-electron chi connectivity index (χ2n) is 6.10. The molecule has 2 aliphatic rings. The Morgan fingerprint density at radius 1 is 1.09 bits per heavy atom. The molecule has 2 amide bonds. The SMILES string of the molecule is NC1(C(=O)N2CCN(C(=O)Cc3ccccc3Cl)CC2)CC1. The molecule has 1 aromatic rings. The molecule has 0 bridgehead atoms. The number of rotatable bonds is 3. The summed E-state index contributed by atoms with van der Waals surface area (Å²) < 4.78 is 0. The maximum absolute atomic E-state index is 12.3. The molecule has 0 spiro atoms. The summed E-state index contributed by atoms with van der Waals surface area (Å²) in [5, 5.41) is 0.614. The summed E-state index contributed by atoms with van der Waals surface area (Å²) in [6, 6.07) is 7.38. The van der Waals surface area contributed by atoms with Crippen LogP contribution in [0.15, 0.2) is 24.3 Å². The van der Waals surface area contributed by atoms with Crippen LogP contribution in [0.2, 0.25) is 5.02 Å². The van der Waals surface area contributed by atoms with Crippen molar-refractivity contribution in [2.45, 2.75) is 24.8 Å². The zero-order chi connectivity index (χ0) is 15.7. The van der Waals surface area contributed by atoms with Crippen LogP contribution in [-0.2, 0) is 16.0 Å². The van der Waals surface area contributed by atoms with Crippen molar-refractivity contribution in [3.8, 4) is 0 Å². The molecule has 1 aromatic carbocycles. The molecule has 1 aliphatic carbocycles. The molecule has 1 aliphatic heterocycles. The molecule has 0 unspecified atom stereocenters. The summed E-state index contributed by atoms with van der Waals surface area (Å²) in [6.07, 6.45) is 1.85. The fourth-order valence-electron chi connectivity index (χ4n) is 2.74. The summed E-state index contributed by atoms with van der Waals surface area (Å²) >= 11 is 6.09. The van der Waals surface area contributed by atoms with E-state index in [1.54, 1.807) is 15.9 Å². The van der Waals surface area contributed by atoms with Gasteiger partial charge in [0, 0.05) is 31.2 Å². The Bertz CT molecular complexity index is 593. The molecule has 1 saturated carbocycles. The van der Waals surface area contributed by atoms with Crippen LogP contribution in [0.25, 0.3) is 0 Å². The highest BCUT2D eigenvalue weighted by Crippen LogP contribution is 2.34. The van der Waals surface area contributed by atoms with Crippen LogP contribution in [-0.4, -0.2) is 53.3 Å². The normalized spacial score (nSPS) is 19.9. The highest BCUT2D eigenvalue weighted by molar-refractivity contribution is 6.31. The van der Waals surface area contributed by atoms with E-state index in [9.17, 15) is 9.59 Å². The van der Waals surface area contributed by atoms with Crippen LogP contribution in [0.1, 0.15) is 18.4 Å². The van der Waals surface area contributed by atoms with E-state index in [2.05, 4.69) is 0 Å². The van der Waals surface area contributed by atoms with Crippen LogP contribution in [0.3, 0.4) is 0 Å². The molecule has 22 heavy (non-hydrogen) atoms. The number of hydrogen-bond donors (Lipinski definition) is 1. The van der Waals surface area contributed by atoms with Gasteiger partial charge in [0.1, 0.15) is 0 Å². The van der Waals surface area contributed by atoms with Crippen molar-refractivity contribution >= 4 is 23.4 Å². The molecule has 2 N–H and O–H groups in total. The second-order valence-corrected chi connectivity index (χ2v) is 6.50. The van der Waals surface area contributed by atoms with E-state index in [0.717, 1.165) is 18.4 Å². The Morgan fingerprint density at radius 2 is 1.68 bits per heavy atom. The number of carbonyl (C=O) groups is 2. The molecule has 6 heteroatoms. The number of piperazine rings is 1. The summed E-state index contributed by atoms with van der Waals surface area (Å²) in [5.74, 6) is 0.0831. The maximum Gasteiger partial charge on any atom is 0.242 e. The van der Waals surface area contributed by atoms with E-state index < -0.39 is 5.54 Å². The largest absolute Gasteiger partial charge is 0.339 e. The van der Waals surface area contributed by atoms with Crippen molar-refractivity contribution in [3.05, 3.63) is 34.9 Å². The van der Waals surface area contributed by atoms with Crippen LogP contribution >= 0.6 is 11.6 Å². The van der Waals surface area contributed by atoms with Gasteiger partial charge in [-0.1, -0.05) is 29.8 Å². The molecular formula is C16H20ClN3O2. The van der Waals surface area contributed by atoms with Gasteiger partial charge in [-0.15, -0.1) is 0 Å². The van der Waals surface area contributed by atoms with Crippen molar-refractivity contribution in [2.75, 3.05) is 26.2 Å². The number of nitrogens with zero attached hydrogens (tertiary/aromatic N) is 2. The third kappa shape index (κ3) is 3.10. The molecule has 3 rings (SSSR count). The predicted octanol–water partition coefficient (Wildman–Crippen LogP) is 1.04. The number of hydrogen-bond acceptors (Lipinski definition) is 3. The average Bonchev–Trinajstić information content (AvgIpc) is 3.28. The number of carbonyl (C=O) groups excluding carboxylic acids is 2. The number of amides is 2. The smallest absolute Gasteiger partial charge is 0.242 e. The first-order valence-corrected chi connectivity index (χ1v) is 7.97. The molecule has 0 atom stereocenters. The van der Waals surface area contributed by atoms with Crippen LogP contribution in [0.4, 0.5) is 0 Å². The molecule has 5 nitrogen and oxygen atoms in total. The van der Waals surface area contributed by atoms with Crippen molar-refractivity contribution in [1.82, 2.24) is 9.80 Å². The Labute approximate surface area is 135 Å². The van der Waals surface area contributed by atoms with Crippen LogP contribution in [0, 0.1) is 0 Å². The second kappa shape index (κ2) is 5.89. The van der Waals surface area contributed by atoms with Gasteiger partial charge in [-0.2, -0.15) is 0 Å². The topological polar surface area (TPSA) is 66.6 Å². The Balaban J connectivity index is 1.54. The predicted molar refractivity (Wildman–Crippen MR) is 84.5 cm³/mol. The molecule has 1 saturated heterocycles. The fourth-order valence-corrected chi connectivity index (χ4v) is 2.94. The quantitative estimate of drug-likeness (QED) is 0.904. The van der Waals surface area contributed by atoms with Crippen molar-refractivity contribution in [2.24, 2.45) is 5.73 Å². The van der Waals surface area contributed by atoms with E-state index in [0.29, 0.717) is 37.6 Å². The lowest BCUT2D eigenvalue weighted by Crippen LogP contribution is -2.55. The lowest BCUT2D eigenvalue weighted by molar-refractivity contribution is -0.140. The minimum Gasteiger partial charge on any atom is -0.339 e. The molecule has 0 radical (unpaired) electrons. The summed E-state index contributed by atoms with van der Waals surface area (Å²) in [5.41, 5.74) is 6.17. The van der Waals surface area contributed by atoms with Crippen LogP contribution < -0.4 is 5.73 Å². The van der Waals surface area contributed by atoms with E-state index in [1.165, 1.54) is 0 Å². The van der Waals surface area contributed by atoms with Gasteiger partial charge in [0.05, 0.1) is 12.0 Å². The van der Waals surface area contributed by atoms with Gasteiger partial charge in [0.25, 0.3) is 0 Å². The van der Waals surface area contributed by atoms with Crippen molar-refractivity contribution in [3.63, 3.8) is 0 Å². The number of benzene rings is 1. The van der Waals surface area contributed by atoms with Crippen LogP contribution in [0.5, 0.6) is 0 Å². The minimum absolute atomic E-state index is 0.0331. The number of halogens is 1. The first-order chi connectivity index (χ1) is 10.5.